The molecule has 1 aliphatic heterocycles. The highest BCUT2D eigenvalue weighted by Crippen LogP contribution is 2.25. The van der Waals surface area contributed by atoms with E-state index in [1.807, 2.05) is 12.1 Å². The van der Waals surface area contributed by atoms with E-state index in [0.717, 1.165) is 10.0 Å². The Hall–Kier alpha value is -1.89. The number of likely N-dealkylation sites (tertiary alicyclic amines) is 1. The molecule has 0 spiro atoms. The van der Waals surface area contributed by atoms with Crippen LogP contribution in [-0.4, -0.2) is 35.3 Å². The molecule has 1 aromatic rings. The highest BCUT2D eigenvalue weighted by molar-refractivity contribution is 9.10. The average molecular weight is 369 g/mol. The molecule has 6 nitrogen and oxygen atoms in total. The summed E-state index contributed by atoms with van der Waals surface area (Å²) in [5.41, 5.74) is 1.49. The van der Waals surface area contributed by atoms with Gasteiger partial charge < -0.3 is 15.0 Å². The van der Waals surface area contributed by atoms with Gasteiger partial charge in [-0.1, -0.05) is 15.9 Å². The van der Waals surface area contributed by atoms with E-state index in [2.05, 4.69) is 21.2 Å². The fourth-order valence-corrected chi connectivity index (χ4v) is 2.80. The lowest BCUT2D eigenvalue weighted by Gasteiger charge is -2.19. The summed E-state index contributed by atoms with van der Waals surface area (Å²) in [6, 6.07) is 5.46. The molecule has 1 aliphatic rings. The Morgan fingerprint density at radius 1 is 1.41 bits per heavy atom. The maximum Gasteiger partial charge on any atom is 0.303 e. The first-order chi connectivity index (χ1) is 10.4. The summed E-state index contributed by atoms with van der Waals surface area (Å²) in [5, 5.41) is 2.75. The van der Waals surface area contributed by atoms with Crippen molar-refractivity contribution in [3.8, 4) is 0 Å². The lowest BCUT2D eigenvalue weighted by molar-refractivity contribution is -0.154. The first-order valence-corrected chi connectivity index (χ1v) is 7.68. The number of benzene rings is 1. The third-order valence-electron chi connectivity index (χ3n) is 3.30. The highest BCUT2D eigenvalue weighted by atomic mass is 79.9. The van der Waals surface area contributed by atoms with Gasteiger partial charge in [-0.3, -0.25) is 14.4 Å². The van der Waals surface area contributed by atoms with Crippen LogP contribution >= 0.6 is 15.9 Å². The fraction of sp³-hybridized carbons (Fsp3) is 0.400. The average Bonchev–Trinajstić information content (AvgIpc) is 2.74. The molecule has 1 atom stereocenters. The van der Waals surface area contributed by atoms with Gasteiger partial charge in [-0.25, -0.2) is 0 Å². The molecular formula is C15H17BrN2O4. The van der Waals surface area contributed by atoms with Crippen LogP contribution in [-0.2, 0) is 25.7 Å². The molecule has 0 radical (unpaired) electrons. The Morgan fingerprint density at radius 3 is 2.77 bits per heavy atom. The fourth-order valence-electron chi connectivity index (χ4n) is 2.39. The van der Waals surface area contributed by atoms with Gasteiger partial charge in [-0.15, -0.1) is 0 Å². The summed E-state index contributed by atoms with van der Waals surface area (Å²) < 4.78 is 5.86. The van der Waals surface area contributed by atoms with Crippen LogP contribution < -0.4 is 5.32 Å². The minimum Gasteiger partial charge on any atom is -0.452 e. The maximum absolute atomic E-state index is 12.2. The molecule has 1 heterocycles. The Morgan fingerprint density at radius 2 is 2.14 bits per heavy atom. The number of nitrogens with one attached hydrogen (secondary N) is 1. The van der Waals surface area contributed by atoms with Gasteiger partial charge in [0.05, 0.1) is 0 Å². The molecule has 1 fully saturated rings. The summed E-state index contributed by atoms with van der Waals surface area (Å²) in [4.78, 5) is 36.1. The number of hydrogen-bond acceptors (Lipinski definition) is 4. The van der Waals surface area contributed by atoms with Gasteiger partial charge in [0.25, 0.3) is 5.91 Å². The Labute approximate surface area is 136 Å². The molecule has 118 valence electrons. The summed E-state index contributed by atoms with van der Waals surface area (Å²) >= 11 is 3.39. The Balaban J connectivity index is 2.13. The SMILES string of the molecule is CC(=O)Nc1ccc(Br)cc1CN1CCC(OC(C)=O)C1=O. The van der Waals surface area contributed by atoms with Crippen LogP contribution in [0.3, 0.4) is 0 Å². The van der Waals surface area contributed by atoms with E-state index in [1.165, 1.54) is 13.8 Å². The number of amides is 2. The van der Waals surface area contributed by atoms with Crippen molar-refractivity contribution in [1.29, 1.82) is 0 Å². The molecule has 2 amide bonds. The van der Waals surface area contributed by atoms with Crippen molar-refractivity contribution in [2.75, 3.05) is 11.9 Å². The topological polar surface area (TPSA) is 75.7 Å². The monoisotopic (exact) mass is 368 g/mol. The summed E-state index contributed by atoms with van der Waals surface area (Å²) in [7, 11) is 0. The second-order valence-corrected chi connectivity index (χ2v) is 6.04. The van der Waals surface area contributed by atoms with Crippen LogP contribution in [0.1, 0.15) is 25.8 Å². The lowest BCUT2D eigenvalue weighted by atomic mass is 10.1. The standard InChI is InChI=1S/C15H17BrN2O4/c1-9(19)17-13-4-3-12(16)7-11(13)8-18-6-5-14(15(18)21)22-10(2)20/h3-4,7,14H,5-6,8H2,1-2H3,(H,17,19). The number of anilines is 1. The van der Waals surface area contributed by atoms with E-state index in [0.29, 0.717) is 25.2 Å². The van der Waals surface area contributed by atoms with Crippen LogP contribution in [0, 0.1) is 0 Å². The maximum atomic E-state index is 12.2. The number of rotatable bonds is 4. The quantitative estimate of drug-likeness (QED) is 0.825. The van der Waals surface area contributed by atoms with Crippen molar-refractivity contribution >= 4 is 39.4 Å². The van der Waals surface area contributed by atoms with Gasteiger partial charge in [0.1, 0.15) is 0 Å². The number of esters is 1. The van der Waals surface area contributed by atoms with Crippen LogP contribution in [0.5, 0.6) is 0 Å². The highest BCUT2D eigenvalue weighted by Gasteiger charge is 2.34. The van der Waals surface area contributed by atoms with Crippen molar-refractivity contribution in [3.05, 3.63) is 28.2 Å². The van der Waals surface area contributed by atoms with Crippen molar-refractivity contribution in [2.24, 2.45) is 0 Å². The van der Waals surface area contributed by atoms with Crippen molar-refractivity contribution < 1.29 is 19.1 Å². The van der Waals surface area contributed by atoms with Crippen LogP contribution in [0.15, 0.2) is 22.7 Å². The van der Waals surface area contributed by atoms with E-state index in [9.17, 15) is 14.4 Å². The molecule has 1 aromatic carbocycles. The van der Waals surface area contributed by atoms with E-state index in [1.54, 1.807) is 11.0 Å². The molecule has 1 N–H and O–H groups in total. The van der Waals surface area contributed by atoms with E-state index in [4.69, 9.17) is 4.74 Å². The van der Waals surface area contributed by atoms with E-state index < -0.39 is 12.1 Å². The minimum absolute atomic E-state index is 0.172. The van der Waals surface area contributed by atoms with E-state index in [-0.39, 0.29) is 11.8 Å². The van der Waals surface area contributed by atoms with Crippen molar-refractivity contribution in [2.45, 2.75) is 32.9 Å². The zero-order valence-electron chi connectivity index (χ0n) is 12.4. The van der Waals surface area contributed by atoms with Crippen molar-refractivity contribution in [3.63, 3.8) is 0 Å². The predicted octanol–water partition coefficient (Wildman–Crippen LogP) is 2.07. The van der Waals surface area contributed by atoms with Crippen molar-refractivity contribution in [1.82, 2.24) is 4.90 Å². The molecule has 7 heteroatoms. The predicted molar refractivity (Wildman–Crippen MR) is 84.0 cm³/mol. The van der Waals surface area contributed by atoms with Gasteiger partial charge >= 0.3 is 5.97 Å². The molecule has 0 bridgehead atoms. The summed E-state index contributed by atoms with van der Waals surface area (Å²) in [6.45, 7) is 3.59. The molecule has 1 unspecified atom stereocenters. The number of hydrogen-bond donors (Lipinski definition) is 1. The largest absolute Gasteiger partial charge is 0.452 e. The molecule has 0 aliphatic carbocycles. The third-order valence-corrected chi connectivity index (χ3v) is 3.79. The van der Waals surface area contributed by atoms with E-state index >= 15 is 0 Å². The zero-order chi connectivity index (χ0) is 16.3. The lowest BCUT2D eigenvalue weighted by Crippen LogP contribution is -2.31. The number of carbonyl (C=O) groups excluding carboxylic acids is 3. The number of ether oxygens (including phenoxy) is 1. The third kappa shape index (κ3) is 4.07. The minimum atomic E-state index is -0.700. The molecule has 1 saturated heterocycles. The summed E-state index contributed by atoms with van der Waals surface area (Å²) in [6.07, 6.45) is -0.212. The Bertz CT molecular complexity index is 618. The van der Waals surface area contributed by atoms with Gasteiger partial charge in [0, 0.05) is 43.5 Å². The molecule has 2 rings (SSSR count). The van der Waals surface area contributed by atoms with Gasteiger partial charge in [-0.05, 0) is 23.8 Å². The second-order valence-electron chi connectivity index (χ2n) is 5.13. The molecule has 0 aromatic heterocycles. The molecule has 22 heavy (non-hydrogen) atoms. The smallest absolute Gasteiger partial charge is 0.303 e. The van der Waals surface area contributed by atoms with Crippen LogP contribution in [0.25, 0.3) is 0 Å². The molecule has 0 saturated carbocycles. The van der Waals surface area contributed by atoms with Crippen LogP contribution in [0.2, 0.25) is 0 Å². The van der Waals surface area contributed by atoms with Crippen LogP contribution in [0.4, 0.5) is 5.69 Å². The Kier molecular flexibility index (Phi) is 5.18. The van der Waals surface area contributed by atoms with Gasteiger partial charge in [-0.2, -0.15) is 0 Å². The van der Waals surface area contributed by atoms with Gasteiger partial charge in [0.15, 0.2) is 6.10 Å². The zero-order valence-corrected chi connectivity index (χ0v) is 14.0. The normalized spacial score (nSPS) is 17.5. The second kappa shape index (κ2) is 6.91. The first-order valence-electron chi connectivity index (χ1n) is 6.89. The molecular weight excluding hydrogens is 352 g/mol. The number of nitrogens with zero attached hydrogens (tertiary/aromatic N) is 1. The summed E-state index contributed by atoms with van der Waals surface area (Å²) in [5.74, 6) is -0.834. The van der Waals surface area contributed by atoms with Gasteiger partial charge in [0.2, 0.25) is 5.91 Å². The first kappa shape index (κ1) is 16.5. The number of carbonyl (C=O) groups is 3. The number of halogens is 1.